The van der Waals surface area contributed by atoms with Gasteiger partial charge in [0.1, 0.15) is 5.75 Å². The molecule has 0 spiro atoms. The number of hydrogen-bond donors (Lipinski definition) is 3. The summed E-state index contributed by atoms with van der Waals surface area (Å²) in [4.78, 5) is 10.3. The largest absolute Gasteiger partial charge is 0.491 e. The Bertz CT molecular complexity index is 780. The molecule has 3 N–H and O–H groups in total. The van der Waals surface area contributed by atoms with Gasteiger partial charge in [-0.15, -0.1) is 35.3 Å². The molecule has 1 aromatic carbocycles. The number of aryl methyl sites for hydroxylation is 2. The van der Waals surface area contributed by atoms with E-state index in [1.807, 2.05) is 58.9 Å². The third kappa shape index (κ3) is 8.88. The minimum Gasteiger partial charge on any atom is -0.491 e. The Morgan fingerprint density at radius 2 is 2.03 bits per heavy atom. The molecule has 0 radical (unpaired) electrons. The number of aliphatic hydroxyl groups excluding tert-OH is 1. The fourth-order valence-electron chi connectivity index (χ4n) is 2.79. The van der Waals surface area contributed by atoms with Gasteiger partial charge in [0.15, 0.2) is 5.96 Å². The normalized spacial score (nSPS) is 12.4. The number of aliphatic hydroxyl groups is 1. The summed E-state index contributed by atoms with van der Waals surface area (Å²) in [6, 6.07) is 7.55. The van der Waals surface area contributed by atoms with Crippen molar-refractivity contribution < 1.29 is 9.84 Å². The third-order valence-corrected chi connectivity index (χ3v) is 5.16. The molecule has 1 aromatic heterocycles. The van der Waals surface area contributed by atoms with E-state index in [4.69, 9.17) is 4.74 Å². The van der Waals surface area contributed by atoms with Crippen LogP contribution in [-0.2, 0) is 6.42 Å². The number of benzene rings is 1. The predicted octanol–water partition coefficient (Wildman–Crippen LogP) is 4.00. The Morgan fingerprint density at radius 1 is 1.28 bits per heavy atom. The van der Waals surface area contributed by atoms with E-state index in [1.165, 1.54) is 4.88 Å². The van der Waals surface area contributed by atoms with Crippen LogP contribution in [0.15, 0.2) is 29.3 Å². The monoisotopic (exact) mass is 532 g/mol. The molecular formula is C21H33IN4O2S. The summed E-state index contributed by atoms with van der Waals surface area (Å²) >= 11 is 1.74. The van der Waals surface area contributed by atoms with Crippen molar-refractivity contribution in [2.24, 2.45) is 4.99 Å². The minimum absolute atomic E-state index is 0. The smallest absolute Gasteiger partial charge is 0.191 e. The highest BCUT2D eigenvalue weighted by Crippen LogP contribution is 2.20. The average Bonchev–Trinajstić information content (AvgIpc) is 2.96. The van der Waals surface area contributed by atoms with Crippen molar-refractivity contribution in [1.29, 1.82) is 0 Å². The van der Waals surface area contributed by atoms with E-state index in [0.29, 0.717) is 5.96 Å². The lowest BCUT2D eigenvalue weighted by molar-refractivity contribution is 0.185. The van der Waals surface area contributed by atoms with Gasteiger partial charge in [0.05, 0.1) is 29.5 Å². The second kappa shape index (κ2) is 13.0. The Labute approximate surface area is 195 Å². The van der Waals surface area contributed by atoms with E-state index >= 15 is 0 Å². The van der Waals surface area contributed by atoms with E-state index in [9.17, 15) is 5.11 Å². The summed E-state index contributed by atoms with van der Waals surface area (Å²) < 4.78 is 5.70. The van der Waals surface area contributed by atoms with E-state index in [0.717, 1.165) is 41.5 Å². The quantitative estimate of drug-likeness (QED) is 0.259. The minimum atomic E-state index is -0.683. The van der Waals surface area contributed by atoms with Crippen molar-refractivity contribution >= 4 is 41.3 Å². The molecule has 2 rings (SSSR count). The third-order valence-electron chi connectivity index (χ3n) is 4.03. The van der Waals surface area contributed by atoms with Crippen molar-refractivity contribution in [3.05, 3.63) is 45.4 Å². The lowest BCUT2D eigenvalue weighted by Crippen LogP contribution is -2.38. The Hall–Kier alpha value is -1.39. The SMILES string of the molecule is CCNC(=NCC(O)c1cccc(OC(C)C)c1)NCCc1sc(C)nc1C.I. The van der Waals surface area contributed by atoms with Crippen molar-refractivity contribution in [3.63, 3.8) is 0 Å². The van der Waals surface area contributed by atoms with Crippen molar-refractivity contribution in [2.75, 3.05) is 19.6 Å². The highest BCUT2D eigenvalue weighted by Gasteiger charge is 2.10. The Morgan fingerprint density at radius 3 is 2.66 bits per heavy atom. The standard InChI is InChI=1S/C21H32N4O2S.HI/c1-6-22-21(23-11-10-20-15(4)25-16(5)28-20)24-13-19(26)17-8-7-9-18(12-17)27-14(2)3;/h7-9,12,14,19,26H,6,10-11,13H2,1-5H3,(H2,22,23,24);1H. The van der Waals surface area contributed by atoms with Crippen LogP contribution < -0.4 is 15.4 Å². The fourth-order valence-corrected chi connectivity index (χ4v) is 3.73. The lowest BCUT2D eigenvalue weighted by Gasteiger charge is -2.15. The maximum Gasteiger partial charge on any atom is 0.191 e. The molecule has 0 saturated carbocycles. The molecule has 0 bridgehead atoms. The molecule has 29 heavy (non-hydrogen) atoms. The summed E-state index contributed by atoms with van der Waals surface area (Å²) in [5, 5.41) is 18.2. The van der Waals surface area contributed by atoms with Gasteiger partial charge in [-0.2, -0.15) is 0 Å². The van der Waals surface area contributed by atoms with Crippen LogP contribution in [0.1, 0.15) is 48.0 Å². The number of guanidine groups is 1. The van der Waals surface area contributed by atoms with Crippen LogP contribution in [-0.4, -0.2) is 41.8 Å². The van der Waals surface area contributed by atoms with E-state index in [-0.39, 0.29) is 36.6 Å². The molecule has 8 heteroatoms. The molecule has 0 aliphatic carbocycles. The molecule has 0 aliphatic rings. The number of thiazole rings is 1. The maximum atomic E-state index is 10.5. The summed E-state index contributed by atoms with van der Waals surface area (Å²) in [5.41, 5.74) is 1.90. The number of nitrogens with one attached hydrogen (secondary N) is 2. The number of hydrogen-bond acceptors (Lipinski definition) is 5. The highest BCUT2D eigenvalue weighted by atomic mass is 127. The molecule has 6 nitrogen and oxygen atoms in total. The van der Waals surface area contributed by atoms with Crippen LogP contribution >= 0.6 is 35.3 Å². The van der Waals surface area contributed by atoms with Gasteiger partial charge in [-0.25, -0.2) is 4.98 Å². The summed E-state index contributed by atoms with van der Waals surface area (Å²) in [6.45, 7) is 11.9. The van der Waals surface area contributed by atoms with Crippen molar-refractivity contribution in [2.45, 2.75) is 53.2 Å². The van der Waals surface area contributed by atoms with Crippen molar-refractivity contribution in [3.8, 4) is 5.75 Å². The fraction of sp³-hybridized carbons (Fsp3) is 0.524. The number of aliphatic imine (C=N–C) groups is 1. The van der Waals surface area contributed by atoms with Gasteiger partial charge in [0.2, 0.25) is 0 Å². The van der Waals surface area contributed by atoms with Gasteiger partial charge in [-0.05, 0) is 52.3 Å². The van der Waals surface area contributed by atoms with Gasteiger partial charge in [0.25, 0.3) is 0 Å². The average molecular weight is 532 g/mol. The molecule has 2 aromatic rings. The molecule has 0 saturated heterocycles. The van der Waals surface area contributed by atoms with Gasteiger partial charge >= 0.3 is 0 Å². The van der Waals surface area contributed by atoms with E-state index in [1.54, 1.807) is 11.3 Å². The number of aromatic nitrogens is 1. The van der Waals surface area contributed by atoms with Gasteiger partial charge in [-0.3, -0.25) is 4.99 Å². The summed E-state index contributed by atoms with van der Waals surface area (Å²) in [6.07, 6.45) is 0.317. The lowest BCUT2D eigenvalue weighted by atomic mass is 10.1. The molecule has 1 unspecified atom stereocenters. The van der Waals surface area contributed by atoms with E-state index in [2.05, 4.69) is 20.6 Å². The molecule has 1 atom stereocenters. The van der Waals surface area contributed by atoms with Crippen LogP contribution in [0.5, 0.6) is 5.75 Å². The number of ether oxygens (including phenoxy) is 1. The van der Waals surface area contributed by atoms with Gasteiger partial charge in [-0.1, -0.05) is 12.1 Å². The zero-order valence-electron chi connectivity index (χ0n) is 17.9. The molecule has 0 amide bonds. The van der Waals surface area contributed by atoms with Gasteiger partial charge < -0.3 is 20.5 Å². The maximum absolute atomic E-state index is 10.5. The molecule has 0 fully saturated rings. The Balaban J connectivity index is 0.00000420. The zero-order valence-corrected chi connectivity index (χ0v) is 21.0. The number of rotatable bonds is 9. The first-order chi connectivity index (χ1) is 13.4. The van der Waals surface area contributed by atoms with Crippen LogP contribution in [0.25, 0.3) is 0 Å². The second-order valence-electron chi connectivity index (χ2n) is 6.89. The number of nitrogens with zero attached hydrogens (tertiary/aromatic N) is 2. The molecule has 162 valence electrons. The number of halogens is 1. The molecular weight excluding hydrogens is 499 g/mol. The first-order valence-corrected chi connectivity index (χ1v) is 10.6. The van der Waals surface area contributed by atoms with Gasteiger partial charge in [0, 0.05) is 24.4 Å². The molecule has 0 aliphatic heterocycles. The highest BCUT2D eigenvalue weighted by molar-refractivity contribution is 14.0. The zero-order chi connectivity index (χ0) is 20.5. The Kier molecular flexibility index (Phi) is 11.5. The van der Waals surface area contributed by atoms with Crippen LogP contribution in [0.3, 0.4) is 0 Å². The first kappa shape index (κ1) is 25.6. The first-order valence-electron chi connectivity index (χ1n) is 9.78. The van der Waals surface area contributed by atoms with Crippen LogP contribution in [0, 0.1) is 13.8 Å². The second-order valence-corrected chi connectivity index (χ2v) is 8.18. The predicted molar refractivity (Wildman–Crippen MR) is 132 cm³/mol. The molecule has 1 heterocycles. The van der Waals surface area contributed by atoms with Crippen molar-refractivity contribution in [1.82, 2.24) is 15.6 Å². The summed E-state index contributed by atoms with van der Waals surface area (Å²) in [5.74, 6) is 1.46. The van der Waals surface area contributed by atoms with Crippen LogP contribution in [0.4, 0.5) is 0 Å². The van der Waals surface area contributed by atoms with E-state index < -0.39 is 6.10 Å². The topological polar surface area (TPSA) is 78.8 Å². The summed E-state index contributed by atoms with van der Waals surface area (Å²) in [7, 11) is 0. The van der Waals surface area contributed by atoms with Crippen LogP contribution in [0.2, 0.25) is 0 Å².